The van der Waals surface area contributed by atoms with Crippen LogP contribution in [0.2, 0.25) is 0 Å². The van der Waals surface area contributed by atoms with Crippen LogP contribution in [0.25, 0.3) is 0 Å². The average molecular weight is 278 g/mol. The Balaban J connectivity index is 1.87. The highest BCUT2D eigenvalue weighted by atomic mass is 16.4. The van der Waals surface area contributed by atoms with Crippen molar-refractivity contribution in [2.75, 3.05) is 11.9 Å². The molecule has 0 aromatic heterocycles. The Morgan fingerprint density at radius 2 is 2.05 bits per heavy atom. The van der Waals surface area contributed by atoms with Gasteiger partial charge in [-0.2, -0.15) is 0 Å². The summed E-state index contributed by atoms with van der Waals surface area (Å²) in [5.74, 6) is -0.968. The third kappa shape index (κ3) is 3.40. The van der Waals surface area contributed by atoms with Crippen LogP contribution in [-0.2, 0) is 0 Å². The van der Waals surface area contributed by atoms with E-state index in [-0.39, 0.29) is 11.3 Å². The second-order valence-corrected chi connectivity index (χ2v) is 4.97. The zero-order valence-corrected chi connectivity index (χ0v) is 11.1. The topological polar surface area (TPSA) is 98.7 Å². The van der Waals surface area contributed by atoms with Crippen LogP contribution >= 0.6 is 0 Å². The summed E-state index contributed by atoms with van der Waals surface area (Å²) in [5, 5.41) is 23.8. The molecule has 0 saturated heterocycles. The van der Waals surface area contributed by atoms with E-state index in [4.69, 9.17) is 5.11 Å². The summed E-state index contributed by atoms with van der Waals surface area (Å²) in [4.78, 5) is 22.5. The molecule has 0 atom stereocenters. The Hall–Kier alpha value is -2.24. The van der Waals surface area contributed by atoms with Gasteiger partial charge in [-0.25, -0.2) is 9.59 Å². The molecule has 0 spiro atoms. The normalized spacial score (nSPS) is 14.4. The molecule has 1 aliphatic carbocycles. The van der Waals surface area contributed by atoms with Crippen LogP contribution in [0.1, 0.15) is 36.0 Å². The third-order valence-electron chi connectivity index (χ3n) is 3.58. The molecule has 20 heavy (non-hydrogen) atoms. The van der Waals surface area contributed by atoms with E-state index in [9.17, 15) is 14.7 Å². The highest BCUT2D eigenvalue weighted by Gasteiger charge is 2.17. The predicted octanol–water partition coefficient (Wildman–Crippen LogP) is 2.40. The number of rotatable bonds is 5. The monoisotopic (exact) mass is 278 g/mol. The van der Waals surface area contributed by atoms with Gasteiger partial charge in [0, 0.05) is 6.54 Å². The largest absolute Gasteiger partial charge is 0.505 e. The highest BCUT2D eigenvalue weighted by Crippen LogP contribution is 2.29. The Kier molecular flexibility index (Phi) is 4.45. The van der Waals surface area contributed by atoms with Crippen molar-refractivity contribution in [1.29, 1.82) is 0 Å². The molecule has 1 fully saturated rings. The number of carboxylic acids is 1. The quantitative estimate of drug-likeness (QED) is 0.621. The molecule has 1 aliphatic rings. The van der Waals surface area contributed by atoms with E-state index in [2.05, 4.69) is 10.6 Å². The predicted molar refractivity (Wildman–Crippen MR) is 74.0 cm³/mol. The number of hydrogen-bond acceptors (Lipinski definition) is 3. The van der Waals surface area contributed by atoms with Gasteiger partial charge in [0.05, 0.1) is 5.69 Å². The lowest BCUT2D eigenvalue weighted by Gasteiger charge is -2.25. The maximum atomic E-state index is 11.7. The molecular formula is C14H18N2O4. The van der Waals surface area contributed by atoms with Gasteiger partial charge in [0.15, 0.2) is 5.75 Å². The van der Waals surface area contributed by atoms with Crippen molar-refractivity contribution in [3.8, 4) is 5.75 Å². The van der Waals surface area contributed by atoms with Crippen molar-refractivity contribution in [2.24, 2.45) is 5.92 Å². The molecule has 1 aromatic rings. The molecule has 0 radical (unpaired) electrons. The van der Waals surface area contributed by atoms with Crippen molar-refractivity contribution in [3.63, 3.8) is 0 Å². The summed E-state index contributed by atoms with van der Waals surface area (Å²) < 4.78 is 0. The van der Waals surface area contributed by atoms with Crippen molar-refractivity contribution in [3.05, 3.63) is 23.8 Å². The molecule has 4 N–H and O–H groups in total. The molecule has 6 nitrogen and oxygen atoms in total. The van der Waals surface area contributed by atoms with E-state index in [1.165, 1.54) is 37.5 Å². The minimum absolute atomic E-state index is 0.0889. The van der Waals surface area contributed by atoms with Gasteiger partial charge in [-0.05, 0) is 24.5 Å². The number of para-hydroxylation sites is 1. The third-order valence-corrected chi connectivity index (χ3v) is 3.58. The van der Waals surface area contributed by atoms with Gasteiger partial charge in [-0.1, -0.05) is 25.3 Å². The van der Waals surface area contributed by atoms with Crippen molar-refractivity contribution >= 4 is 17.7 Å². The van der Waals surface area contributed by atoms with Gasteiger partial charge in [0.1, 0.15) is 5.56 Å². The second kappa shape index (κ2) is 6.27. The summed E-state index contributed by atoms with van der Waals surface area (Å²) in [6, 6.07) is 3.75. The van der Waals surface area contributed by atoms with Crippen LogP contribution in [0, 0.1) is 5.92 Å². The fraction of sp³-hybridized carbons (Fsp3) is 0.429. The van der Waals surface area contributed by atoms with Gasteiger partial charge in [0.25, 0.3) is 0 Å². The van der Waals surface area contributed by atoms with E-state index in [1.54, 1.807) is 0 Å². The molecular weight excluding hydrogens is 260 g/mol. The number of carboxylic acid groups (broad SMARTS) is 1. The molecule has 2 amide bonds. The van der Waals surface area contributed by atoms with Gasteiger partial charge in [-0.3, -0.25) is 0 Å². The highest BCUT2D eigenvalue weighted by molar-refractivity contribution is 5.97. The number of aromatic carboxylic acids is 1. The van der Waals surface area contributed by atoms with Gasteiger partial charge in [-0.15, -0.1) is 0 Å². The number of hydrogen-bond donors (Lipinski definition) is 4. The van der Waals surface area contributed by atoms with Gasteiger partial charge < -0.3 is 20.8 Å². The lowest BCUT2D eigenvalue weighted by Crippen LogP contribution is -2.31. The van der Waals surface area contributed by atoms with Crippen LogP contribution in [-0.4, -0.2) is 28.8 Å². The molecule has 0 aliphatic heterocycles. The Labute approximate surface area is 116 Å². The van der Waals surface area contributed by atoms with Gasteiger partial charge in [0.2, 0.25) is 0 Å². The number of benzene rings is 1. The first-order valence-electron chi connectivity index (χ1n) is 6.68. The molecule has 6 heteroatoms. The van der Waals surface area contributed by atoms with E-state index >= 15 is 0 Å². The van der Waals surface area contributed by atoms with Crippen molar-refractivity contribution < 1.29 is 19.8 Å². The smallest absolute Gasteiger partial charge is 0.339 e. The second-order valence-electron chi connectivity index (χ2n) is 4.97. The molecule has 0 unspecified atom stereocenters. The SMILES string of the molecule is O=C(NCCC1CCC1)Nc1cccc(C(=O)O)c1O. The fourth-order valence-corrected chi connectivity index (χ4v) is 2.15. The minimum Gasteiger partial charge on any atom is -0.505 e. The molecule has 1 aromatic carbocycles. The molecule has 0 heterocycles. The first-order valence-corrected chi connectivity index (χ1v) is 6.68. The van der Waals surface area contributed by atoms with Crippen LogP contribution < -0.4 is 10.6 Å². The number of amides is 2. The molecule has 0 bridgehead atoms. The standard InChI is InChI=1S/C14H18N2O4/c17-12-10(13(18)19)5-2-6-11(12)16-14(20)15-8-7-9-3-1-4-9/h2,5-6,9,17H,1,3-4,7-8H2,(H,18,19)(H2,15,16,20). The number of urea groups is 1. The fourth-order valence-electron chi connectivity index (χ4n) is 2.15. The maximum absolute atomic E-state index is 11.7. The van der Waals surface area contributed by atoms with E-state index < -0.39 is 17.7 Å². The number of carbonyl (C=O) groups excluding carboxylic acids is 1. The first kappa shape index (κ1) is 14.2. The van der Waals surface area contributed by atoms with E-state index in [0.29, 0.717) is 12.5 Å². The van der Waals surface area contributed by atoms with Crippen LogP contribution in [0.15, 0.2) is 18.2 Å². The van der Waals surface area contributed by atoms with Gasteiger partial charge >= 0.3 is 12.0 Å². The summed E-state index contributed by atoms with van der Waals surface area (Å²) in [5.41, 5.74) is -0.150. The number of phenols is 1. The zero-order chi connectivity index (χ0) is 14.5. The average Bonchev–Trinajstić information content (AvgIpc) is 2.34. The van der Waals surface area contributed by atoms with Crippen LogP contribution in [0.3, 0.4) is 0 Å². The number of anilines is 1. The Bertz CT molecular complexity index is 512. The summed E-state index contributed by atoms with van der Waals surface area (Å²) in [6.45, 7) is 0.579. The Morgan fingerprint density at radius 1 is 1.30 bits per heavy atom. The number of carbonyl (C=O) groups is 2. The lowest BCUT2D eigenvalue weighted by molar-refractivity contribution is 0.0693. The van der Waals surface area contributed by atoms with E-state index in [1.807, 2.05) is 0 Å². The summed E-state index contributed by atoms with van der Waals surface area (Å²) >= 11 is 0. The van der Waals surface area contributed by atoms with E-state index in [0.717, 1.165) is 6.42 Å². The van der Waals surface area contributed by atoms with Crippen molar-refractivity contribution in [2.45, 2.75) is 25.7 Å². The first-order chi connectivity index (χ1) is 9.58. The molecule has 108 valence electrons. The number of aromatic hydroxyl groups is 1. The molecule has 1 saturated carbocycles. The summed E-state index contributed by atoms with van der Waals surface area (Å²) in [7, 11) is 0. The van der Waals surface area contributed by atoms with Crippen LogP contribution in [0.5, 0.6) is 5.75 Å². The molecule has 2 rings (SSSR count). The zero-order valence-electron chi connectivity index (χ0n) is 11.1. The van der Waals surface area contributed by atoms with Crippen LogP contribution in [0.4, 0.5) is 10.5 Å². The van der Waals surface area contributed by atoms with Crippen molar-refractivity contribution in [1.82, 2.24) is 5.32 Å². The summed E-state index contributed by atoms with van der Waals surface area (Å²) in [6.07, 6.45) is 4.68. The minimum atomic E-state index is -1.24. The lowest BCUT2D eigenvalue weighted by atomic mass is 9.83. The maximum Gasteiger partial charge on any atom is 0.339 e. The Morgan fingerprint density at radius 3 is 2.65 bits per heavy atom. The number of nitrogens with one attached hydrogen (secondary N) is 2.